The molecule has 1 saturated carbocycles. The summed E-state index contributed by atoms with van der Waals surface area (Å²) in [6.45, 7) is 1.77. The first kappa shape index (κ1) is 22.3. The molecular formula is C24H21N5O3S2. The van der Waals surface area contributed by atoms with Crippen LogP contribution >= 0.6 is 23.1 Å². The number of nitro groups is 1. The molecule has 0 spiro atoms. The number of carbonyl (C=O) groups is 1. The van der Waals surface area contributed by atoms with Crippen LogP contribution in [0, 0.1) is 17.0 Å². The van der Waals surface area contributed by atoms with Crippen molar-refractivity contribution in [1.29, 1.82) is 0 Å². The highest BCUT2D eigenvalue weighted by atomic mass is 32.2. The van der Waals surface area contributed by atoms with Gasteiger partial charge in [-0.3, -0.25) is 19.5 Å². The highest BCUT2D eigenvalue weighted by Gasteiger charge is 2.33. The lowest BCUT2D eigenvalue weighted by atomic mass is 10.1. The standard InChI is InChI=1S/C24H21N5O3S2/c1-15-9-12-18(19(14-15)29(31)32)25-23(30)21(16-6-3-2-4-7-16)34-24-27-26-22(20-8-5-13-33-20)28(24)17-10-11-17/h2-9,12-14,17,21H,10-11H2,1H3,(H,25,30). The predicted molar refractivity (Wildman–Crippen MR) is 133 cm³/mol. The van der Waals surface area contributed by atoms with E-state index in [4.69, 9.17) is 0 Å². The molecule has 1 atom stereocenters. The van der Waals surface area contributed by atoms with Gasteiger partial charge in [0.15, 0.2) is 11.0 Å². The Kier molecular flexibility index (Phi) is 6.16. The maximum absolute atomic E-state index is 13.5. The summed E-state index contributed by atoms with van der Waals surface area (Å²) in [6, 6.07) is 18.4. The van der Waals surface area contributed by atoms with Gasteiger partial charge < -0.3 is 5.32 Å². The first-order valence-corrected chi connectivity index (χ1v) is 12.5. The van der Waals surface area contributed by atoms with E-state index in [-0.39, 0.29) is 17.3 Å². The minimum Gasteiger partial charge on any atom is -0.319 e. The molecule has 172 valence electrons. The summed E-state index contributed by atoms with van der Waals surface area (Å²) in [4.78, 5) is 25.6. The number of hydrogen-bond donors (Lipinski definition) is 1. The second kappa shape index (κ2) is 9.40. The number of amides is 1. The van der Waals surface area contributed by atoms with E-state index < -0.39 is 10.2 Å². The van der Waals surface area contributed by atoms with E-state index in [9.17, 15) is 14.9 Å². The molecule has 1 aliphatic rings. The Morgan fingerprint density at radius 2 is 1.97 bits per heavy atom. The highest BCUT2D eigenvalue weighted by Crippen LogP contribution is 2.45. The molecule has 1 fully saturated rings. The third-order valence-corrected chi connectivity index (χ3v) is 7.57. The van der Waals surface area contributed by atoms with Crippen LogP contribution in [0.1, 0.15) is 35.3 Å². The van der Waals surface area contributed by atoms with Gasteiger partial charge in [-0.25, -0.2) is 0 Å². The van der Waals surface area contributed by atoms with Crippen molar-refractivity contribution in [3.63, 3.8) is 0 Å². The number of thiophene rings is 1. The molecule has 5 rings (SSSR count). The van der Waals surface area contributed by atoms with E-state index in [0.29, 0.717) is 11.2 Å². The van der Waals surface area contributed by atoms with E-state index in [0.717, 1.165) is 34.7 Å². The van der Waals surface area contributed by atoms with Gasteiger partial charge in [0.2, 0.25) is 5.91 Å². The van der Waals surface area contributed by atoms with Crippen LogP contribution in [0.25, 0.3) is 10.7 Å². The fourth-order valence-corrected chi connectivity index (χ4v) is 5.51. The summed E-state index contributed by atoms with van der Waals surface area (Å²) in [5, 5.41) is 25.2. The minimum atomic E-state index is -0.667. The van der Waals surface area contributed by atoms with Crippen molar-refractivity contribution in [2.45, 2.75) is 36.2 Å². The SMILES string of the molecule is Cc1ccc(NC(=O)C(Sc2nnc(-c3cccs3)n2C2CC2)c2ccccc2)c([N+](=O)[O-])c1. The molecule has 0 radical (unpaired) electrons. The lowest BCUT2D eigenvalue weighted by molar-refractivity contribution is -0.384. The van der Waals surface area contributed by atoms with E-state index in [1.165, 1.54) is 17.8 Å². The van der Waals surface area contributed by atoms with Crippen molar-refractivity contribution in [2.24, 2.45) is 0 Å². The number of aryl methyl sites for hydroxylation is 1. The number of rotatable bonds is 8. The Balaban J connectivity index is 1.49. The fourth-order valence-electron chi connectivity index (χ4n) is 3.70. The van der Waals surface area contributed by atoms with Gasteiger partial charge in [-0.2, -0.15) is 0 Å². The number of nitro benzene ring substituents is 1. The molecule has 1 aliphatic carbocycles. The number of hydrogen-bond acceptors (Lipinski definition) is 7. The van der Waals surface area contributed by atoms with Gasteiger partial charge in [-0.05, 0) is 48.4 Å². The van der Waals surface area contributed by atoms with Gasteiger partial charge in [-0.15, -0.1) is 21.5 Å². The zero-order valence-corrected chi connectivity index (χ0v) is 19.9. The molecule has 0 saturated heterocycles. The van der Waals surface area contributed by atoms with E-state index >= 15 is 0 Å². The number of thioether (sulfide) groups is 1. The molecule has 10 heteroatoms. The largest absolute Gasteiger partial charge is 0.319 e. The predicted octanol–water partition coefficient (Wildman–Crippen LogP) is 6.03. The van der Waals surface area contributed by atoms with Gasteiger partial charge in [0.1, 0.15) is 10.9 Å². The Hall–Kier alpha value is -3.50. The Bertz CT molecular complexity index is 1330. The molecule has 2 aromatic carbocycles. The molecule has 2 heterocycles. The maximum atomic E-state index is 13.5. The summed E-state index contributed by atoms with van der Waals surface area (Å²) in [7, 11) is 0. The van der Waals surface area contributed by atoms with Crippen molar-refractivity contribution in [3.05, 3.63) is 87.3 Å². The van der Waals surface area contributed by atoms with Gasteiger partial charge >= 0.3 is 0 Å². The monoisotopic (exact) mass is 491 g/mol. The molecule has 1 amide bonds. The zero-order chi connectivity index (χ0) is 23.7. The second-order valence-electron chi connectivity index (χ2n) is 8.06. The summed E-state index contributed by atoms with van der Waals surface area (Å²) >= 11 is 2.91. The molecule has 1 unspecified atom stereocenters. The molecule has 34 heavy (non-hydrogen) atoms. The zero-order valence-electron chi connectivity index (χ0n) is 18.2. The molecule has 0 aliphatic heterocycles. The van der Waals surface area contributed by atoms with Crippen molar-refractivity contribution in [2.75, 3.05) is 5.32 Å². The first-order valence-electron chi connectivity index (χ1n) is 10.8. The summed E-state index contributed by atoms with van der Waals surface area (Å²) < 4.78 is 2.12. The Labute approximate surface area is 204 Å². The van der Waals surface area contributed by atoms with Crippen LogP contribution in [0.5, 0.6) is 0 Å². The summed E-state index contributed by atoms with van der Waals surface area (Å²) in [5.74, 6) is 0.451. The number of benzene rings is 2. The molecule has 1 N–H and O–H groups in total. The normalized spacial score (nSPS) is 14.0. The van der Waals surface area contributed by atoms with Crippen LogP contribution in [0.2, 0.25) is 0 Å². The van der Waals surface area contributed by atoms with Crippen LogP contribution in [-0.2, 0) is 4.79 Å². The van der Waals surface area contributed by atoms with Crippen LogP contribution in [0.15, 0.2) is 71.2 Å². The topological polar surface area (TPSA) is 103 Å². The number of aromatic nitrogens is 3. The van der Waals surface area contributed by atoms with E-state index in [2.05, 4.69) is 20.1 Å². The van der Waals surface area contributed by atoms with Crippen LogP contribution < -0.4 is 5.32 Å². The van der Waals surface area contributed by atoms with Crippen molar-refractivity contribution in [1.82, 2.24) is 14.8 Å². The summed E-state index contributed by atoms with van der Waals surface area (Å²) in [6.07, 6.45) is 2.09. The van der Waals surface area contributed by atoms with Gasteiger partial charge in [0, 0.05) is 12.1 Å². The van der Waals surface area contributed by atoms with E-state index in [1.807, 2.05) is 47.8 Å². The average molecular weight is 492 g/mol. The van der Waals surface area contributed by atoms with Crippen molar-refractivity contribution >= 4 is 40.4 Å². The molecule has 4 aromatic rings. The number of anilines is 1. The minimum absolute atomic E-state index is 0.133. The number of carbonyl (C=O) groups excluding carboxylic acids is 1. The first-order chi connectivity index (χ1) is 16.5. The lowest BCUT2D eigenvalue weighted by Crippen LogP contribution is -2.20. The van der Waals surface area contributed by atoms with Crippen molar-refractivity contribution < 1.29 is 9.72 Å². The molecule has 0 bridgehead atoms. The fraction of sp³-hybridized carbons (Fsp3) is 0.208. The molecule has 8 nitrogen and oxygen atoms in total. The number of nitrogens with zero attached hydrogens (tertiary/aromatic N) is 4. The highest BCUT2D eigenvalue weighted by molar-refractivity contribution is 8.00. The smallest absolute Gasteiger partial charge is 0.293 e. The Morgan fingerprint density at radius 3 is 2.65 bits per heavy atom. The quantitative estimate of drug-likeness (QED) is 0.183. The van der Waals surface area contributed by atoms with Gasteiger partial charge in [0.05, 0.1) is 9.80 Å². The van der Waals surface area contributed by atoms with Crippen LogP contribution in [-0.4, -0.2) is 25.6 Å². The van der Waals surface area contributed by atoms with Gasteiger partial charge in [0.25, 0.3) is 5.69 Å². The third kappa shape index (κ3) is 4.59. The second-order valence-corrected chi connectivity index (χ2v) is 10.1. The lowest BCUT2D eigenvalue weighted by Gasteiger charge is -2.17. The van der Waals surface area contributed by atoms with Crippen molar-refractivity contribution in [3.8, 4) is 10.7 Å². The Morgan fingerprint density at radius 1 is 1.18 bits per heavy atom. The van der Waals surface area contributed by atoms with Crippen LogP contribution in [0.4, 0.5) is 11.4 Å². The third-order valence-electron chi connectivity index (χ3n) is 5.49. The molecule has 2 aromatic heterocycles. The van der Waals surface area contributed by atoms with Crippen LogP contribution in [0.3, 0.4) is 0 Å². The summed E-state index contributed by atoms with van der Waals surface area (Å²) in [5.41, 5.74) is 1.57. The number of nitrogens with one attached hydrogen (secondary N) is 1. The maximum Gasteiger partial charge on any atom is 0.293 e. The average Bonchev–Trinajstić information content (AvgIpc) is 3.35. The molecular weight excluding hydrogens is 470 g/mol. The van der Waals surface area contributed by atoms with Gasteiger partial charge in [-0.1, -0.05) is 54.2 Å². The van der Waals surface area contributed by atoms with E-state index in [1.54, 1.807) is 30.4 Å².